The SMILES string of the molecule is Cc1ccc(C2=C(N)ONN2c2ccccc2)cc1. The summed E-state index contributed by atoms with van der Waals surface area (Å²) >= 11 is 0. The van der Waals surface area contributed by atoms with Gasteiger partial charge in [0.25, 0.3) is 0 Å². The Morgan fingerprint density at radius 2 is 1.68 bits per heavy atom. The van der Waals surface area contributed by atoms with E-state index in [0.717, 1.165) is 16.9 Å². The van der Waals surface area contributed by atoms with Gasteiger partial charge in [0.2, 0.25) is 5.88 Å². The molecule has 2 aromatic rings. The molecule has 1 heterocycles. The summed E-state index contributed by atoms with van der Waals surface area (Å²) in [7, 11) is 0. The van der Waals surface area contributed by atoms with Crippen molar-refractivity contribution in [2.24, 2.45) is 5.73 Å². The first kappa shape index (κ1) is 11.6. The van der Waals surface area contributed by atoms with E-state index in [9.17, 15) is 0 Å². The van der Waals surface area contributed by atoms with E-state index >= 15 is 0 Å². The minimum Gasteiger partial charge on any atom is -0.369 e. The predicted octanol–water partition coefficient (Wildman–Crippen LogP) is 2.54. The number of hydrogen-bond acceptors (Lipinski definition) is 4. The molecule has 0 fully saturated rings. The molecule has 0 saturated heterocycles. The van der Waals surface area contributed by atoms with Crippen LogP contribution in [-0.2, 0) is 4.84 Å². The number of hydrogen-bond donors (Lipinski definition) is 2. The Kier molecular flexibility index (Phi) is 2.85. The van der Waals surface area contributed by atoms with Gasteiger partial charge in [-0.3, -0.25) is 0 Å². The molecule has 0 unspecified atom stereocenters. The van der Waals surface area contributed by atoms with Crippen LogP contribution in [0.15, 0.2) is 60.5 Å². The Morgan fingerprint density at radius 1 is 1.00 bits per heavy atom. The first-order valence-corrected chi connectivity index (χ1v) is 6.10. The van der Waals surface area contributed by atoms with E-state index in [1.54, 1.807) is 0 Å². The molecule has 0 spiro atoms. The first-order valence-electron chi connectivity index (χ1n) is 6.10. The topological polar surface area (TPSA) is 50.5 Å². The molecule has 0 atom stereocenters. The highest BCUT2D eigenvalue weighted by Crippen LogP contribution is 2.29. The van der Waals surface area contributed by atoms with Gasteiger partial charge < -0.3 is 10.6 Å². The van der Waals surface area contributed by atoms with Gasteiger partial charge in [-0.25, -0.2) is 5.01 Å². The van der Waals surface area contributed by atoms with Gasteiger partial charge in [0.05, 0.1) is 5.69 Å². The molecule has 4 nitrogen and oxygen atoms in total. The van der Waals surface area contributed by atoms with Crippen LogP contribution in [0.3, 0.4) is 0 Å². The lowest BCUT2D eigenvalue weighted by Gasteiger charge is -2.19. The molecule has 2 aromatic carbocycles. The number of nitrogens with one attached hydrogen (secondary N) is 1. The molecule has 0 amide bonds. The third-order valence-electron chi connectivity index (χ3n) is 3.04. The number of aryl methyl sites for hydroxylation is 1. The van der Waals surface area contributed by atoms with Gasteiger partial charge in [-0.05, 0) is 19.1 Å². The Morgan fingerprint density at radius 3 is 2.37 bits per heavy atom. The Labute approximate surface area is 112 Å². The summed E-state index contributed by atoms with van der Waals surface area (Å²) in [6, 6.07) is 18.1. The van der Waals surface area contributed by atoms with Crippen molar-refractivity contribution in [3.63, 3.8) is 0 Å². The number of hydrazine groups is 1. The highest BCUT2D eigenvalue weighted by Gasteiger charge is 2.25. The van der Waals surface area contributed by atoms with Crippen LogP contribution in [0.2, 0.25) is 0 Å². The fraction of sp³-hybridized carbons (Fsp3) is 0.0667. The monoisotopic (exact) mass is 253 g/mol. The van der Waals surface area contributed by atoms with Crippen LogP contribution < -0.4 is 16.3 Å². The van der Waals surface area contributed by atoms with Crippen molar-refractivity contribution in [2.45, 2.75) is 6.92 Å². The van der Waals surface area contributed by atoms with Crippen LogP contribution in [-0.4, -0.2) is 0 Å². The van der Waals surface area contributed by atoms with Gasteiger partial charge in [0, 0.05) is 5.56 Å². The molecule has 19 heavy (non-hydrogen) atoms. The maximum absolute atomic E-state index is 5.93. The number of nitrogens with two attached hydrogens (primary N) is 1. The van der Waals surface area contributed by atoms with Crippen molar-refractivity contribution >= 4 is 11.4 Å². The minimum absolute atomic E-state index is 0.368. The molecule has 4 heteroatoms. The van der Waals surface area contributed by atoms with Crippen LogP contribution in [0.4, 0.5) is 5.69 Å². The van der Waals surface area contributed by atoms with E-state index in [-0.39, 0.29) is 0 Å². The van der Waals surface area contributed by atoms with Crippen molar-refractivity contribution in [1.82, 2.24) is 5.59 Å². The molecule has 3 rings (SSSR count). The molecular weight excluding hydrogens is 238 g/mol. The zero-order valence-corrected chi connectivity index (χ0v) is 10.6. The number of nitrogens with zero attached hydrogens (tertiary/aromatic N) is 1. The molecule has 0 radical (unpaired) electrons. The Hall–Kier alpha value is -2.46. The summed E-state index contributed by atoms with van der Waals surface area (Å²) in [5, 5.41) is 1.83. The average Bonchev–Trinajstić information content (AvgIpc) is 2.83. The lowest BCUT2D eigenvalue weighted by molar-refractivity contribution is 0.129. The molecule has 1 aliphatic rings. The lowest BCUT2D eigenvalue weighted by Crippen LogP contribution is -2.30. The summed E-state index contributed by atoms with van der Waals surface area (Å²) in [6.07, 6.45) is 0. The van der Waals surface area contributed by atoms with Gasteiger partial charge in [-0.2, -0.15) is 0 Å². The second-order valence-electron chi connectivity index (χ2n) is 4.44. The summed E-state index contributed by atoms with van der Waals surface area (Å²) in [4.78, 5) is 5.25. The fourth-order valence-electron chi connectivity index (χ4n) is 2.04. The highest BCUT2D eigenvalue weighted by atomic mass is 16.7. The molecule has 96 valence electrons. The van der Waals surface area contributed by atoms with Gasteiger partial charge >= 0.3 is 0 Å². The normalized spacial score (nSPS) is 14.7. The van der Waals surface area contributed by atoms with Crippen molar-refractivity contribution in [3.05, 3.63) is 71.6 Å². The van der Waals surface area contributed by atoms with Gasteiger partial charge in [0.1, 0.15) is 5.70 Å². The van der Waals surface area contributed by atoms with Gasteiger partial charge in [-0.15, -0.1) is 0 Å². The minimum atomic E-state index is 0.368. The largest absolute Gasteiger partial charge is 0.369 e. The van der Waals surface area contributed by atoms with E-state index in [1.807, 2.05) is 47.5 Å². The first-order chi connectivity index (χ1) is 9.25. The second-order valence-corrected chi connectivity index (χ2v) is 4.44. The third-order valence-corrected chi connectivity index (χ3v) is 3.04. The summed E-state index contributed by atoms with van der Waals surface area (Å²) in [5.41, 5.74) is 12.8. The standard InChI is InChI=1S/C15H15N3O/c1-11-7-9-12(10-8-11)14-15(16)19-17-18(14)13-5-3-2-4-6-13/h2-10,17H,16H2,1H3. The van der Waals surface area contributed by atoms with E-state index in [4.69, 9.17) is 10.6 Å². The lowest BCUT2D eigenvalue weighted by atomic mass is 10.1. The predicted molar refractivity (Wildman–Crippen MR) is 75.4 cm³/mol. The second kappa shape index (κ2) is 4.66. The fourth-order valence-corrected chi connectivity index (χ4v) is 2.04. The smallest absolute Gasteiger partial charge is 0.238 e. The third kappa shape index (κ3) is 2.13. The molecule has 1 aliphatic heterocycles. The van der Waals surface area contributed by atoms with E-state index in [2.05, 4.69) is 24.6 Å². The Balaban J connectivity index is 2.02. The molecule has 0 saturated carbocycles. The Bertz CT molecular complexity index is 605. The average molecular weight is 253 g/mol. The van der Waals surface area contributed by atoms with Crippen molar-refractivity contribution in [1.29, 1.82) is 0 Å². The van der Waals surface area contributed by atoms with E-state index in [1.165, 1.54) is 5.56 Å². The van der Waals surface area contributed by atoms with Crippen molar-refractivity contribution in [3.8, 4) is 0 Å². The highest BCUT2D eigenvalue weighted by molar-refractivity contribution is 5.80. The van der Waals surface area contributed by atoms with Crippen molar-refractivity contribution < 1.29 is 4.84 Å². The molecule has 3 N–H and O–H groups in total. The van der Waals surface area contributed by atoms with E-state index in [0.29, 0.717) is 5.88 Å². The maximum Gasteiger partial charge on any atom is 0.238 e. The summed E-state index contributed by atoms with van der Waals surface area (Å²) < 4.78 is 0. The van der Waals surface area contributed by atoms with Crippen molar-refractivity contribution in [2.75, 3.05) is 5.01 Å². The van der Waals surface area contributed by atoms with Gasteiger partial charge in [-0.1, -0.05) is 53.6 Å². The molecule has 0 aromatic heterocycles. The van der Waals surface area contributed by atoms with E-state index < -0.39 is 0 Å². The van der Waals surface area contributed by atoms with Crippen LogP contribution >= 0.6 is 0 Å². The maximum atomic E-state index is 5.93. The summed E-state index contributed by atoms with van der Waals surface area (Å²) in [5.74, 6) is 0.368. The number of para-hydroxylation sites is 1. The van der Waals surface area contributed by atoms with Crippen LogP contribution in [0.25, 0.3) is 5.70 Å². The number of rotatable bonds is 2. The summed E-state index contributed by atoms with van der Waals surface area (Å²) in [6.45, 7) is 2.06. The number of benzene rings is 2. The zero-order chi connectivity index (χ0) is 13.2. The van der Waals surface area contributed by atoms with Crippen LogP contribution in [0, 0.1) is 6.92 Å². The number of anilines is 1. The van der Waals surface area contributed by atoms with Crippen LogP contribution in [0.1, 0.15) is 11.1 Å². The molecule has 0 bridgehead atoms. The van der Waals surface area contributed by atoms with Crippen LogP contribution in [0.5, 0.6) is 0 Å². The quantitative estimate of drug-likeness (QED) is 0.863. The van der Waals surface area contributed by atoms with Gasteiger partial charge in [0.15, 0.2) is 0 Å². The molecular formula is C15H15N3O. The zero-order valence-electron chi connectivity index (χ0n) is 10.6. The molecule has 0 aliphatic carbocycles.